The van der Waals surface area contributed by atoms with Crippen molar-refractivity contribution >= 4 is 17.7 Å². The average molecular weight is 343 g/mol. The second kappa shape index (κ2) is 8.73. The second-order valence-electron chi connectivity index (χ2n) is 5.46. The number of hydrogen-bond acceptors (Lipinski definition) is 4. The number of amides is 1. The topological polar surface area (TPSA) is 72.5 Å². The maximum absolute atomic E-state index is 13.5. The molecule has 130 valence electrons. The van der Waals surface area contributed by atoms with E-state index in [1.165, 1.54) is 25.1 Å². The van der Waals surface area contributed by atoms with Crippen LogP contribution in [-0.4, -0.2) is 24.3 Å². The highest BCUT2D eigenvalue weighted by atomic mass is 19.1. The predicted molar refractivity (Wildman–Crippen MR) is 89.4 cm³/mol. The van der Waals surface area contributed by atoms with Crippen molar-refractivity contribution in [3.05, 3.63) is 71.0 Å². The summed E-state index contributed by atoms with van der Waals surface area (Å²) in [6.07, 6.45) is -0.227. The minimum atomic E-state index is -0.666. The van der Waals surface area contributed by atoms with Crippen molar-refractivity contribution in [1.29, 1.82) is 0 Å². The zero-order chi connectivity index (χ0) is 18.2. The number of halogens is 1. The van der Waals surface area contributed by atoms with Crippen molar-refractivity contribution in [2.45, 2.75) is 19.9 Å². The Labute approximate surface area is 144 Å². The number of rotatable bonds is 7. The van der Waals surface area contributed by atoms with Crippen molar-refractivity contribution in [3.63, 3.8) is 0 Å². The Bertz CT molecular complexity index is 771. The van der Waals surface area contributed by atoms with Crippen molar-refractivity contribution in [3.8, 4) is 0 Å². The maximum atomic E-state index is 13.5. The molecule has 0 aliphatic heterocycles. The normalized spacial score (nSPS) is 10.2. The molecule has 5 nitrogen and oxygen atoms in total. The van der Waals surface area contributed by atoms with Gasteiger partial charge in [-0.05, 0) is 17.2 Å². The van der Waals surface area contributed by atoms with Crippen LogP contribution in [0.25, 0.3) is 0 Å². The zero-order valence-electron chi connectivity index (χ0n) is 13.8. The number of carbonyl (C=O) groups excluding carboxylic acids is 3. The number of ketones is 1. The molecule has 0 saturated heterocycles. The van der Waals surface area contributed by atoms with Crippen LogP contribution >= 0.6 is 0 Å². The van der Waals surface area contributed by atoms with Crippen molar-refractivity contribution in [2.75, 3.05) is 6.61 Å². The van der Waals surface area contributed by atoms with Gasteiger partial charge in [0.25, 0.3) is 0 Å². The molecule has 25 heavy (non-hydrogen) atoms. The average Bonchev–Trinajstić information content (AvgIpc) is 2.60. The van der Waals surface area contributed by atoms with Gasteiger partial charge in [0.2, 0.25) is 5.91 Å². The van der Waals surface area contributed by atoms with Crippen LogP contribution in [0.2, 0.25) is 0 Å². The van der Waals surface area contributed by atoms with Crippen molar-refractivity contribution in [1.82, 2.24) is 5.32 Å². The zero-order valence-corrected chi connectivity index (χ0v) is 13.8. The number of Topliss-reactive ketones (excluding diaryl/α,β-unsaturated/α-hetero) is 1. The third-order valence-corrected chi connectivity index (χ3v) is 3.47. The highest BCUT2D eigenvalue weighted by Gasteiger charge is 2.12. The lowest BCUT2D eigenvalue weighted by atomic mass is 10.1. The SMILES string of the molecule is CC(=O)NCc1ccc(C(=O)COC(=O)Cc2ccccc2F)cc1. The van der Waals surface area contributed by atoms with E-state index >= 15 is 0 Å². The first-order chi connectivity index (χ1) is 12.0. The second-order valence-corrected chi connectivity index (χ2v) is 5.46. The molecule has 0 aliphatic rings. The van der Waals surface area contributed by atoms with E-state index in [0.29, 0.717) is 12.1 Å². The summed E-state index contributed by atoms with van der Waals surface area (Å²) in [7, 11) is 0. The smallest absolute Gasteiger partial charge is 0.310 e. The number of benzene rings is 2. The first-order valence-electron chi connectivity index (χ1n) is 7.71. The first kappa shape index (κ1) is 18.3. The summed E-state index contributed by atoms with van der Waals surface area (Å²) in [5.41, 5.74) is 1.47. The lowest BCUT2D eigenvalue weighted by molar-refractivity contribution is -0.141. The highest BCUT2D eigenvalue weighted by Crippen LogP contribution is 2.09. The van der Waals surface area contributed by atoms with Gasteiger partial charge in [0.05, 0.1) is 6.42 Å². The van der Waals surface area contributed by atoms with Gasteiger partial charge in [-0.2, -0.15) is 0 Å². The Hall–Kier alpha value is -3.02. The van der Waals surface area contributed by atoms with E-state index in [1.54, 1.807) is 30.3 Å². The summed E-state index contributed by atoms with van der Waals surface area (Å²) in [4.78, 5) is 34.6. The van der Waals surface area contributed by atoms with Crippen LogP contribution in [0, 0.1) is 5.82 Å². The van der Waals surface area contributed by atoms with Gasteiger partial charge in [0.1, 0.15) is 5.82 Å². The minimum absolute atomic E-state index is 0.137. The molecule has 0 heterocycles. The Kier molecular flexibility index (Phi) is 6.39. The van der Waals surface area contributed by atoms with Crippen LogP contribution in [-0.2, 0) is 27.3 Å². The summed E-state index contributed by atoms with van der Waals surface area (Å²) in [5, 5.41) is 2.65. The molecule has 0 aromatic heterocycles. The predicted octanol–water partition coefficient (Wildman–Crippen LogP) is 2.43. The van der Waals surface area contributed by atoms with Gasteiger partial charge < -0.3 is 10.1 Å². The van der Waals surface area contributed by atoms with E-state index in [4.69, 9.17) is 4.74 Å². The standard InChI is InChI=1S/C19H18FNO4/c1-13(22)21-11-14-6-8-15(9-7-14)18(23)12-25-19(24)10-16-4-2-3-5-17(16)20/h2-9H,10-12H2,1H3,(H,21,22). The Morgan fingerprint density at radius 3 is 2.36 bits per heavy atom. The van der Waals surface area contributed by atoms with Gasteiger partial charge in [-0.25, -0.2) is 4.39 Å². The van der Waals surface area contributed by atoms with E-state index in [9.17, 15) is 18.8 Å². The maximum Gasteiger partial charge on any atom is 0.310 e. The van der Waals surface area contributed by atoms with Crippen LogP contribution in [0.4, 0.5) is 4.39 Å². The quantitative estimate of drug-likeness (QED) is 0.619. The van der Waals surface area contributed by atoms with Crippen LogP contribution in [0.3, 0.4) is 0 Å². The molecule has 0 bridgehead atoms. The molecule has 0 aliphatic carbocycles. The molecule has 2 aromatic carbocycles. The van der Waals surface area contributed by atoms with E-state index < -0.39 is 18.4 Å². The highest BCUT2D eigenvalue weighted by molar-refractivity contribution is 5.98. The third kappa shape index (κ3) is 5.84. The van der Waals surface area contributed by atoms with Crippen LogP contribution < -0.4 is 5.32 Å². The number of hydrogen-bond donors (Lipinski definition) is 1. The Morgan fingerprint density at radius 2 is 1.72 bits per heavy atom. The summed E-state index contributed by atoms with van der Waals surface area (Å²) in [5.74, 6) is -1.64. The number of nitrogens with one attached hydrogen (secondary N) is 1. The largest absolute Gasteiger partial charge is 0.457 e. The van der Waals surface area contributed by atoms with E-state index in [0.717, 1.165) is 5.56 Å². The molecule has 0 fully saturated rings. The van der Waals surface area contributed by atoms with E-state index in [-0.39, 0.29) is 23.7 Å². The fourth-order valence-electron chi connectivity index (χ4n) is 2.11. The summed E-state index contributed by atoms with van der Waals surface area (Å²) >= 11 is 0. The van der Waals surface area contributed by atoms with Gasteiger partial charge in [-0.3, -0.25) is 14.4 Å². The summed E-state index contributed by atoms with van der Waals surface area (Å²) < 4.78 is 18.4. The molecular weight excluding hydrogens is 325 g/mol. The molecule has 0 radical (unpaired) electrons. The molecule has 0 unspecified atom stereocenters. The first-order valence-corrected chi connectivity index (χ1v) is 7.71. The number of esters is 1. The van der Waals surface area contributed by atoms with Crippen molar-refractivity contribution < 1.29 is 23.5 Å². The number of carbonyl (C=O) groups is 3. The molecule has 2 aromatic rings. The Morgan fingerprint density at radius 1 is 1.04 bits per heavy atom. The molecule has 0 saturated carbocycles. The van der Waals surface area contributed by atoms with Gasteiger partial charge in [0.15, 0.2) is 12.4 Å². The molecule has 1 amide bonds. The fraction of sp³-hybridized carbons (Fsp3) is 0.211. The van der Waals surface area contributed by atoms with Crippen LogP contribution in [0.1, 0.15) is 28.4 Å². The minimum Gasteiger partial charge on any atom is -0.457 e. The summed E-state index contributed by atoms with van der Waals surface area (Å²) in [6, 6.07) is 12.5. The monoisotopic (exact) mass is 343 g/mol. The van der Waals surface area contributed by atoms with E-state index in [1.807, 2.05) is 0 Å². The molecule has 2 rings (SSSR count). The molecule has 1 N–H and O–H groups in total. The van der Waals surface area contributed by atoms with Gasteiger partial charge in [0, 0.05) is 19.0 Å². The van der Waals surface area contributed by atoms with Gasteiger partial charge in [-0.15, -0.1) is 0 Å². The van der Waals surface area contributed by atoms with Gasteiger partial charge in [-0.1, -0.05) is 42.5 Å². The molecule has 6 heteroatoms. The Balaban J connectivity index is 1.84. The molecular formula is C19H18FNO4. The molecule has 0 spiro atoms. The lowest BCUT2D eigenvalue weighted by Crippen LogP contribution is -2.19. The lowest BCUT2D eigenvalue weighted by Gasteiger charge is -2.06. The number of ether oxygens (including phenoxy) is 1. The van der Waals surface area contributed by atoms with E-state index in [2.05, 4.69) is 5.32 Å². The molecule has 0 atom stereocenters. The summed E-state index contributed by atoms with van der Waals surface area (Å²) in [6.45, 7) is 1.40. The van der Waals surface area contributed by atoms with Gasteiger partial charge >= 0.3 is 5.97 Å². The van der Waals surface area contributed by atoms with Crippen LogP contribution in [0.5, 0.6) is 0 Å². The third-order valence-electron chi connectivity index (χ3n) is 3.47. The van der Waals surface area contributed by atoms with Crippen LogP contribution in [0.15, 0.2) is 48.5 Å². The van der Waals surface area contributed by atoms with Crippen molar-refractivity contribution in [2.24, 2.45) is 0 Å². The fourth-order valence-corrected chi connectivity index (χ4v) is 2.11.